The summed E-state index contributed by atoms with van der Waals surface area (Å²) < 4.78 is 5.21. The van der Waals surface area contributed by atoms with Crippen molar-refractivity contribution >= 4 is 28.8 Å². The number of nitrogens with one attached hydrogen (secondary N) is 2. The summed E-state index contributed by atoms with van der Waals surface area (Å²) in [6.07, 6.45) is 0. The van der Waals surface area contributed by atoms with Crippen molar-refractivity contribution in [3.63, 3.8) is 0 Å². The molecule has 1 heterocycles. The van der Waals surface area contributed by atoms with Crippen LogP contribution < -0.4 is 15.4 Å². The second-order valence-electron chi connectivity index (χ2n) is 5.77. The van der Waals surface area contributed by atoms with Crippen molar-refractivity contribution in [1.29, 1.82) is 0 Å². The van der Waals surface area contributed by atoms with E-state index < -0.39 is 0 Å². The van der Waals surface area contributed by atoms with E-state index in [0.29, 0.717) is 17.9 Å². The first kappa shape index (κ1) is 18.6. The van der Waals surface area contributed by atoms with Gasteiger partial charge >= 0.3 is 0 Å². The van der Waals surface area contributed by atoms with Crippen LogP contribution >= 0.6 is 11.3 Å². The molecule has 0 fully saturated rings. The molecular formula is C20H19N3O3S. The molecule has 0 saturated heterocycles. The average Bonchev–Trinajstić information content (AvgIpc) is 3.15. The summed E-state index contributed by atoms with van der Waals surface area (Å²) in [6, 6.07) is 14.6. The van der Waals surface area contributed by atoms with Gasteiger partial charge in [-0.15, -0.1) is 11.3 Å². The number of amides is 2. The minimum absolute atomic E-state index is 0.107. The van der Waals surface area contributed by atoms with Crippen molar-refractivity contribution in [3.8, 4) is 17.0 Å². The van der Waals surface area contributed by atoms with E-state index >= 15 is 0 Å². The number of carbonyl (C=O) groups excluding carboxylic acids is 2. The van der Waals surface area contributed by atoms with Gasteiger partial charge in [-0.25, -0.2) is 4.98 Å². The van der Waals surface area contributed by atoms with Gasteiger partial charge < -0.3 is 15.4 Å². The van der Waals surface area contributed by atoms with Gasteiger partial charge in [0.1, 0.15) is 10.8 Å². The second-order valence-corrected chi connectivity index (χ2v) is 6.71. The van der Waals surface area contributed by atoms with Gasteiger partial charge in [-0.1, -0.05) is 24.3 Å². The van der Waals surface area contributed by atoms with Gasteiger partial charge in [-0.2, -0.15) is 0 Å². The number of methoxy groups -OCH3 is 1. The number of nitrogens with zero attached hydrogens (tertiary/aromatic N) is 1. The summed E-state index contributed by atoms with van der Waals surface area (Å²) in [5.41, 5.74) is 3.01. The van der Waals surface area contributed by atoms with Crippen LogP contribution in [0.3, 0.4) is 0 Å². The van der Waals surface area contributed by atoms with Crippen LogP contribution in [0.15, 0.2) is 53.9 Å². The zero-order valence-electron chi connectivity index (χ0n) is 15.0. The van der Waals surface area contributed by atoms with Crippen molar-refractivity contribution in [1.82, 2.24) is 10.3 Å². The van der Waals surface area contributed by atoms with Crippen LogP contribution in [-0.2, 0) is 11.3 Å². The Morgan fingerprint density at radius 1 is 1.11 bits per heavy atom. The first-order chi connectivity index (χ1) is 13.1. The molecule has 7 heteroatoms. The van der Waals surface area contributed by atoms with Crippen LogP contribution in [0.1, 0.15) is 22.3 Å². The zero-order chi connectivity index (χ0) is 19.2. The lowest BCUT2D eigenvalue weighted by Gasteiger charge is -2.07. The van der Waals surface area contributed by atoms with Crippen LogP contribution in [-0.4, -0.2) is 23.9 Å². The first-order valence-corrected chi connectivity index (χ1v) is 9.18. The van der Waals surface area contributed by atoms with E-state index in [-0.39, 0.29) is 11.8 Å². The minimum Gasteiger partial charge on any atom is -0.496 e. The maximum atomic E-state index is 12.4. The molecule has 138 valence electrons. The zero-order valence-corrected chi connectivity index (χ0v) is 15.8. The van der Waals surface area contributed by atoms with Gasteiger partial charge in [0.2, 0.25) is 5.91 Å². The van der Waals surface area contributed by atoms with Gasteiger partial charge in [-0.3, -0.25) is 9.59 Å². The van der Waals surface area contributed by atoms with Crippen molar-refractivity contribution in [2.75, 3.05) is 12.4 Å². The Bertz CT molecular complexity index is 951. The highest BCUT2D eigenvalue weighted by Gasteiger charge is 2.12. The number of aromatic nitrogens is 1. The van der Waals surface area contributed by atoms with Crippen LogP contribution in [0.4, 0.5) is 5.69 Å². The van der Waals surface area contributed by atoms with E-state index in [1.165, 1.54) is 25.4 Å². The molecule has 3 aromatic rings. The van der Waals surface area contributed by atoms with Gasteiger partial charge in [0.05, 0.1) is 24.9 Å². The summed E-state index contributed by atoms with van der Waals surface area (Å²) in [6.45, 7) is 1.81. The molecule has 1 aromatic heterocycles. The summed E-state index contributed by atoms with van der Waals surface area (Å²) in [7, 11) is 1.54. The number of hydrogen-bond acceptors (Lipinski definition) is 5. The number of hydrogen-bond donors (Lipinski definition) is 2. The highest BCUT2D eigenvalue weighted by molar-refractivity contribution is 7.09. The first-order valence-electron chi connectivity index (χ1n) is 8.30. The molecule has 6 nitrogen and oxygen atoms in total. The van der Waals surface area contributed by atoms with E-state index in [1.54, 1.807) is 18.2 Å². The van der Waals surface area contributed by atoms with Crippen LogP contribution in [0.2, 0.25) is 0 Å². The monoisotopic (exact) mass is 381 g/mol. The van der Waals surface area contributed by atoms with E-state index in [4.69, 9.17) is 4.74 Å². The number of carbonyl (C=O) groups is 2. The lowest BCUT2D eigenvalue weighted by Crippen LogP contribution is -2.23. The standard InChI is InChI=1S/C20H19N3O3S/c1-13(24)22-15-9-7-14(8-10-15)17-12-27-19(23-17)11-21-20(25)16-5-3-4-6-18(16)26-2/h3-10,12H,11H2,1-2H3,(H,21,25)(H,22,24). The summed E-state index contributed by atoms with van der Waals surface area (Å²) in [5, 5.41) is 8.35. The highest BCUT2D eigenvalue weighted by atomic mass is 32.1. The number of thiazole rings is 1. The molecule has 27 heavy (non-hydrogen) atoms. The molecule has 3 rings (SSSR count). The van der Waals surface area contributed by atoms with Crippen LogP contribution in [0, 0.1) is 0 Å². The smallest absolute Gasteiger partial charge is 0.255 e. The summed E-state index contributed by atoms with van der Waals surface area (Å²) in [4.78, 5) is 28.0. The van der Waals surface area contributed by atoms with Crippen molar-refractivity contribution in [2.24, 2.45) is 0 Å². The van der Waals surface area contributed by atoms with Crippen LogP contribution in [0.25, 0.3) is 11.3 Å². The Hall–Kier alpha value is -3.19. The molecule has 0 saturated carbocycles. The predicted molar refractivity (Wildman–Crippen MR) is 106 cm³/mol. The molecule has 0 aliphatic rings. The third-order valence-corrected chi connectivity index (χ3v) is 4.65. The second kappa shape index (κ2) is 8.46. The van der Waals surface area contributed by atoms with Gasteiger partial charge in [0, 0.05) is 23.6 Å². The summed E-state index contributed by atoms with van der Waals surface area (Å²) in [5.74, 6) is 0.224. The van der Waals surface area contributed by atoms with Gasteiger partial charge in [-0.05, 0) is 24.3 Å². The quantitative estimate of drug-likeness (QED) is 0.682. The molecule has 2 aromatic carbocycles. The lowest BCUT2D eigenvalue weighted by molar-refractivity contribution is -0.114. The molecule has 2 amide bonds. The Morgan fingerprint density at radius 3 is 2.56 bits per heavy atom. The number of para-hydroxylation sites is 1. The van der Waals surface area contributed by atoms with E-state index in [0.717, 1.165) is 22.0 Å². The number of anilines is 1. The fraction of sp³-hybridized carbons (Fsp3) is 0.150. The van der Waals surface area contributed by atoms with Crippen molar-refractivity contribution in [3.05, 3.63) is 64.5 Å². The van der Waals surface area contributed by atoms with Gasteiger partial charge in [0.25, 0.3) is 5.91 Å². The third kappa shape index (κ3) is 4.71. The topological polar surface area (TPSA) is 80.3 Å². The fourth-order valence-corrected chi connectivity index (χ4v) is 3.28. The SMILES string of the molecule is COc1ccccc1C(=O)NCc1nc(-c2ccc(NC(C)=O)cc2)cs1. The molecule has 0 aliphatic heterocycles. The normalized spacial score (nSPS) is 10.3. The molecule has 2 N–H and O–H groups in total. The van der Waals surface area contributed by atoms with E-state index in [2.05, 4.69) is 15.6 Å². The largest absolute Gasteiger partial charge is 0.496 e. The lowest BCUT2D eigenvalue weighted by atomic mass is 10.1. The minimum atomic E-state index is -0.205. The Balaban J connectivity index is 1.64. The molecule has 0 atom stereocenters. The Labute approximate surface area is 161 Å². The Morgan fingerprint density at radius 2 is 1.85 bits per heavy atom. The average molecular weight is 381 g/mol. The molecule has 0 unspecified atom stereocenters. The number of ether oxygens (including phenoxy) is 1. The van der Waals surface area contributed by atoms with Crippen LogP contribution in [0.5, 0.6) is 5.75 Å². The maximum absolute atomic E-state index is 12.4. The molecular weight excluding hydrogens is 362 g/mol. The fourth-order valence-electron chi connectivity index (χ4n) is 2.54. The highest BCUT2D eigenvalue weighted by Crippen LogP contribution is 2.24. The number of rotatable bonds is 6. The molecule has 0 aliphatic carbocycles. The maximum Gasteiger partial charge on any atom is 0.255 e. The summed E-state index contributed by atoms with van der Waals surface area (Å²) >= 11 is 1.48. The van der Waals surface area contributed by atoms with E-state index in [1.807, 2.05) is 35.7 Å². The predicted octanol–water partition coefficient (Wildman–Crippen LogP) is 3.71. The van der Waals surface area contributed by atoms with Crippen molar-refractivity contribution < 1.29 is 14.3 Å². The van der Waals surface area contributed by atoms with E-state index in [9.17, 15) is 9.59 Å². The molecule has 0 radical (unpaired) electrons. The van der Waals surface area contributed by atoms with Gasteiger partial charge in [0.15, 0.2) is 0 Å². The third-order valence-electron chi connectivity index (χ3n) is 3.80. The molecule has 0 bridgehead atoms. The molecule has 0 spiro atoms. The van der Waals surface area contributed by atoms with Crippen molar-refractivity contribution in [2.45, 2.75) is 13.5 Å². The number of benzene rings is 2. The Kier molecular flexibility index (Phi) is 5.83.